The lowest BCUT2D eigenvalue weighted by Gasteiger charge is -2.15. The van der Waals surface area contributed by atoms with Crippen LogP contribution in [0.25, 0.3) is 11.0 Å². The summed E-state index contributed by atoms with van der Waals surface area (Å²) in [7, 11) is 2.09. The second kappa shape index (κ2) is 4.90. The summed E-state index contributed by atoms with van der Waals surface area (Å²) in [4.78, 5) is 4.75. The summed E-state index contributed by atoms with van der Waals surface area (Å²) in [5.41, 5.74) is 2.14. The first-order valence-electron chi connectivity index (χ1n) is 6.61. The van der Waals surface area contributed by atoms with Crippen molar-refractivity contribution < 1.29 is 0 Å². The molecule has 0 aliphatic carbocycles. The van der Waals surface area contributed by atoms with E-state index >= 15 is 0 Å². The zero-order valence-electron chi connectivity index (χ0n) is 10.6. The number of hydrogen-bond acceptors (Lipinski definition) is 2. The zero-order chi connectivity index (χ0) is 12.5. The Labute approximate surface area is 112 Å². The zero-order valence-corrected chi connectivity index (χ0v) is 11.4. The van der Waals surface area contributed by atoms with E-state index in [1.165, 1.54) is 25.7 Å². The molecule has 1 unspecified atom stereocenters. The van der Waals surface area contributed by atoms with Crippen LogP contribution in [0.2, 0.25) is 5.02 Å². The van der Waals surface area contributed by atoms with Gasteiger partial charge < -0.3 is 9.88 Å². The van der Waals surface area contributed by atoms with Crippen LogP contribution in [-0.4, -0.2) is 16.1 Å². The first kappa shape index (κ1) is 12.0. The predicted octanol–water partition coefficient (Wildman–Crippen LogP) is 3.43. The van der Waals surface area contributed by atoms with Crippen LogP contribution in [0.15, 0.2) is 18.2 Å². The Hall–Kier alpha value is -1.06. The summed E-state index contributed by atoms with van der Waals surface area (Å²) in [6, 6.07) is 6.29. The van der Waals surface area contributed by atoms with E-state index in [0.717, 1.165) is 28.4 Å². The molecule has 2 aromatic rings. The molecule has 18 heavy (non-hydrogen) atoms. The number of rotatable bonds is 1. The fourth-order valence-electron chi connectivity index (χ4n) is 2.75. The minimum atomic E-state index is 0.378. The molecule has 3 nitrogen and oxygen atoms in total. The molecule has 1 aromatic carbocycles. The highest BCUT2D eigenvalue weighted by Crippen LogP contribution is 2.26. The normalized spacial score (nSPS) is 21.1. The van der Waals surface area contributed by atoms with Crippen molar-refractivity contribution in [2.75, 3.05) is 6.54 Å². The third kappa shape index (κ3) is 2.13. The molecule has 0 spiro atoms. The maximum atomic E-state index is 6.03. The second-order valence-electron chi connectivity index (χ2n) is 5.02. The third-order valence-electron chi connectivity index (χ3n) is 3.75. The van der Waals surface area contributed by atoms with Crippen LogP contribution in [0.3, 0.4) is 0 Å². The molecule has 1 saturated heterocycles. The largest absolute Gasteiger partial charge is 0.330 e. The van der Waals surface area contributed by atoms with Gasteiger partial charge in [-0.3, -0.25) is 0 Å². The highest BCUT2D eigenvalue weighted by Gasteiger charge is 2.19. The van der Waals surface area contributed by atoms with Gasteiger partial charge in [-0.05, 0) is 37.6 Å². The van der Waals surface area contributed by atoms with Gasteiger partial charge in [-0.2, -0.15) is 0 Å². The van der Waals surface area contributed by atoms with E-state index in [0.29, 0.717) is 6.04 Å². The van der Waals surface area contributed by atoms with Crippen molar-refractivity contribution in [2.24, 2.45) is 7.05 Å². The Morgan fingerprint density at radius 1 is 1.33 bits per heavy atom. The standard InChI is InChI=1S/C14H18ClN3/c1-18-13-7-6-10(15)9-12(13)17-14(18)11-5-3-2-4-8-16-11/h6-7,9,11,16H,2-5,8H2,1H3. The van der Waals surface area contributed by atoms with Gasteiger partial charge in [0.05, 0.1) is 17.1 Å². The molecule has 4 heteroatoms. The lowest BCUT2D eigenvalue weighted by molar-refractivity contribution is 0.496. The third-order valence-corrected chi connectivity index (χ3v) is 3.98. The highest BCUT2D eigenvalue weighted by molar-refractivity contribution is 6.31. The Morgan fingerprint density at radius 2 is 2.22 bits per heavy atom. The summed E-state index contributed by atoms with van der Waals surface area (Å²) in [6.07, 6.45) is 5.04. The Bertz CT molecular complexity index is 553. The van der Waals surface area contributed by atoms with Crippen LogP contribution in [0.4, 0.5) is 0 Å². The summed E-state index contributed by atoms with van der Waals surface area (Å²) in [5, 5.41) is 4.35. The number of aryl methyl sites for hydroxylation is 1. The quantitative estimate of drug-likeness (QED) is 0.854. The smallest absolute Gasteiger partial charge is 0.126 e. The first-order valence-corrected chi connectivity index (χ1v) is 6.99. The molecule has 1 fully saturated rings. The molecule has 0 bridgehead atoms. The number of imidazole rings is 1. The average Bonchev–Trinajstić information content (AvgIpc) is 2.57. The predicted molar refractivity (Wildman–Crippen MR) is 74.9 cm³/mol. The lowest BCUT2D eigenvalue weighted by Crippen LogP contribution is -2.23. The number of benzene rings is 1. The van der Waals surface area contributed by atoms with Gasteiger partial charge in [-0.25, -0.2) is 4.98 Å². The molecule has 0 saturated carbocycles. The van der Waals surface area contributed by atoms with Gasteiger partial charge in [0.25, 0.3) is 0 Å². The molecular weight excluding hydrogens is 246 g/mol. The first-order chi connectivity index (χ1) is 8.75. The fraction of sp³-hybridized carbons (Fsp3) is 0.500. The molecule has 3 rings (SSSR count). The van der Waals surface area contributed by atoms with Crippen molar-refractivity contribution in [2.45, 2.75) is 31.7 Å². The Morgan fingerprint density at radius 3 is 3.11 bits per heavy atom. The van der Waals surface area contributed by atoms with Crippen molar-refractivity contribution in [1.82, 2.24) is 14.9 Å². The molecule has 2 heterocycles. The minimum absolute atomic E-state index is 0.378. The average molecular weight is 264 g/mol. The summed E-state index contributed by atoms with van der Waals surface area (Å²) >= 11 is 6.03. The summed E-state index contributed by atoms with van der Waals surface area (Å²) < 4.78 is 2.19. The number of nitrogens with zero attached hydrogens (tertiary/aromatic N) is 2. The van der Waals surface area contributed by atoms with E-state index in [2.05, 4.69) is 16.9 Å². The van der Waals surface area contributed by atoms with Crippen molar-refractivity contribution in [3.8, 4) is 0 Å². The van der Waals surface area contributed by atoms with Crippen LogP contribution in [-0.2, 0) is 7.05 Å². The maximum Gasteiger partial charge on any atom is 0.126 e. The molecule has 1 aromatic heterocycles. The van der Waals surface area contributed by atoms with Gasteiger partial charge in [-0.15, -0.1) is 0 Å². The van der Waals surface area contributed by atoms with Crippen molar-refractivity contribution in [3.63, 3.8) is 0 Å². The van der Waals surface area contributed by atoms with Gasteiger partial charge in [0.2, 0.25) is 0 Å². The van der Waals surface area contributed by atoms with E-state index < -0.39 is 0 Å². The molecule has 0 radical (unpaired) electrons. The molecule has 96 valence electrons. The van der Waals surface area contributed by atoms with Gasteiger partial charge in [0.15, 0.2) is 0 Å². The monoisotopic (exact) mass is 263 g/mol. The Balaban J connectivity index is 2.02. The molecular formula is C14H18ClN3. The molecule has 1 aliphatic heterocycles. The number of fused-ring (bicyclic) bond motifs is 1. The second-order valence-corrected chi connectivity index (χ2v) is 5.45. The minimum Gasteiger partial charge on any atom is -0.330 e. The summed E-state index contributed by atoms with van der Waals surface area (Å²) in [5.74, 6) is 1.13. The van der Waals surface area contributed by atoms with E-state index in [-0.39, 0.29) is 0 Å². The molecule has 0 amide bonds. The van der Waals surface area contributed by atoms with Crippen molar-refractivity contribution in [3.05, 3.63) is 29.0 Å². The Kier molecular flexibility index (Phi) is 3.27. The SMILES string of the molecule is Cn1c(C2CCCCCN2)nc2cc(Cl)ccc21. The number of nitrogens with one attached hydrogen (secondary N) is 1. The number of hydrogen-bond donors (Lipinski definition) is 1. The summed E-state index contributed by atoms with van der Waals surface area (Å²) in [6.45, 7) is 1.09. The van der Waals surface area contributed by atoms with Crippen LogP contribution in [0.1, 0.15) is 37.5 Å². The van der Waals surface area contributed by atoms with Crippen LogP contribution in [0, 0.1) is 0 Å². The molecule has 1 N–H and O–H groups in total. The maximum absolute atomic E-state index is 6.03. The van der Waals surface area contributed by atoms with E-state index in [9.17, 15) is 0 Å². The van der Waals surface area contributed by atoms with E-state index in [1.807, 2.05) is 18.2 Å². The van der Waals surface area contributed by atoms with Crippen molar-refractivity contribution in [1.29, 1.82) is 0 Å². The highest BCUT2D eigenvalue weighted by atomic mass is 35.5. The van der Waals surface area contributed by atoms with Gasteiger partial charge in [-0.1, -0.05) is 24.4 Å². The number of halogens is 1. The lowest BCUT2D eigenvalue weighted by atomic mass is 10.1. The van der Waals surface area contributed by atoms with Gasteiger partial charge in [0.1, 0.15) is 5.82 Å². The van der Waals surface area contributed by atoms with Gasteiger partial charge >= 0.3 is 0 Å². The van der Waals surface area contributed by atoms with Crippen molar-refractivity contribution >= 4 is 22.6 Å². The van der Waals surface area contributed by atoms with E-state index in [4.69, 9.17) is 16.6 Å². The number of aromatic nitrogens is 2. The topological polar surface area (TPSA) is 29.9 Å². The van der Waals surface area contributed by atoms with Gasteiger partial charge in [0, 0.05) is 12.1 Å². The van der Waals surface area contributed by atoms with Crippen LogP contribution < -0.4 is 5.32 Å². The van der Waals surface area contributed by atoms with E-state index in [1.54, 1.807) is 0 Å². The molecule has 1 atom stereocenters. The fourth-order valence-corrected chi connectivity index (χ4v) is 2.92. The van der Waals surface area contributed by atoms with Crippen LogP contribution >= 0.6 is 11.6 Å². The molecule has 1 aliphatic rings. The van der Waals surface area contributed by atoms with Crippen LogP contribution in [0.5, 0.6) is 0 Å².